The summed E-state index contributed by atoms with van der Waals surface area (Å²) >= 11 is 0. The topological polar surface area (TPSA) is 49.2 Å². The van der Waals surface area contributed by atoms with E-state index in [2.05, 4.69) is 26.3 Å². The second-order valence-corrected chi connectivity index (χ2v) is 4.80. The quantitative estimate of drug-likeness (QED) is 0.383. The van der Waals surface area contributed by atoms with Gasteiger partial charge in [0.15, 0.2) is 11.1 Å². The SMILES string of the molecule is C=CCC1(CC=C)N([O])C=[N+]([O-])C1(CC=C)CC=C. The average Bonchev–Trinajstić information content (AvgIpc) is 2.54. The fraction of sp³-hybridized carbons (Fsp3) is 0.400. The number of rotatable bonds is 8. The average molecular weight is 261 g/mol. The van der Waals surface area contributed by atoms with Gasteiger partial charge in [0, 0.05) is 30.9 Å². The molecule has 0 aromatic rings. The Morgan fingerprint density at radius 2 is 1.42 bits per heavy atom. The van der Waals surface area contributed by atoms with Crippen LogP contribution in [0.2, 0.25) is 0 Å². The zero-order valence-corrected chi connectivity index (χ0v) is 11.3. The van der Waals surface area contributed by atoms with Crippen molar-refractivity contribution in [2.45, 2.75) is 36.8 Å². The second-order valence-electron chi connectivity index (χ2n) is 4.80. The van der Waals surface area contributed by atoms with Crippen molar-refractivity contribution in [3.63, 3.8) is 0 Å². The summed E-state index contributed by atoms with van der Waals surface area (Å²) in [6, 6.07) is 0. The van der Waals surface area contributed by atoms with Crippen LogP contribution in [0.1, 0.15) is 25.7 Å². The summed E-state index contributed by atoms with van der Waals surface area (Å²) in [7, 11) is 0. The molecule has 1 radical (unpaired) electrons. The van der Waals surface area contributed by atoms with Crippen molar-refractivity contribution < 1.29 is 9.95 Å². The standard InChI is InChI=1S/C15H21N2O2/c1-5-9-14(10-6-2)15(11-7-3,12-8-4)17(19)13-16(14)18/h5-8,13H,1-4,9-12H2. The van der Waals surface area contributed by atoms with Gasteiger partial charge < -0.3 is 5.21 Å². The zero-order chi connectivity index (χ0) is 14.5. The van der Waals surface area contributed by atoms with E-state index in [4.69, 9.17) is 0 Å². The van der Waals surface area contributed by atoms with E-state index < -0.39 is 11.1 Å². The molecule has 0 saturated carbocycles. The Balaban J connectivity index is 3.43. The van der Waals surface area contributed by atoms with E-state index in [1.807, 2.05) is 0 Å². The molecule has 1 aliphatic heterocycles. The molecule has 0 spiro atoms. The monoisotopic (exact) mass is 261 g/mol. The highest BCUT2D eigenvalue weighted by atomic mass is 16.5. The molecule has 1 rings (SSSR count). The third-order valence-corrected chi connectivity index (χ3v) is 3.85. The summed E-state index contributed by atoms with van der Waals surface area (Å²) in [6.45, 7) is 14.8. The van der Waals surface area contributed by atoms with Gasteiger partial charge in [0.1, 0.15) is 0 Å². The van der Waals surface area contributed by atoms with Gasteiger partial charge >= 0.3 is 0 Å². The summed E-state index contributed by atoms with van der Waals surface area (Å²) in [4.78, 5) is 0. The number of hydrogen-bond acceptors (Lipinski definition) is 2. The van der Waals surface area contributed by atoms with Crippen LogP contribution in [0.25, 0.3) is 0 Å². The fourth-order valence-electron chi connectivity index (χ4n) is 2.97. The van der Waals surface area contributed by atoms with Gasteiger partial charge in [-0.3, -0.25) is 4.74 Å². The van der Waals surface area contributed by atoms with Crippen molar-refractivity contribution in [2.24, 2.45) is 0 Å². The first-order valence-corrected chi connectivity index (χ1v) is 6.26. The molecule has 0 saturated heterocycles. The van der Waals surface area contributed by atoms with Gasteiger partial charge in [0.05, 0.1) is 0 Å². The second kappa shape index (κ2) is 5.89. The molecule has 19 heavy (non-hydrogen) atoms. The van der Waals surface area contributed by atoms with E-state index >= 15 is 0 Å². The summed E-state index contributed by atoms with van der Waals surface area (Å²) in [6.07, 6.45) is 9.35. The van der Waals surface area contributed by atoms with E-state index in [1.165, 1.54) is 0 Å². The molecular weight excluding hydrogens is 240 g/mol. The molecule has 0 aromatic heterocycles. The normalized spacial score (nSPS) is 19.6. The van der Waals surface area contributed by atoms with Crippen LogP contribution in [0.3, 0.4) is 0 Å². The van der Waals surface area contributed by atoms with Crippen LogP contribution in [-0.2, 0) is 5.21 Å². The number of hydroxylamine groups is 3. The van der Waals surface area contributed by atoms with Gasteiger partial charge in [-0.05, 0) is 0 Å². The minimum absolute atomic E-state index is 0.402. The molecule has 0 fully saturated rings. The summed E-state index contributed by atoms with van der Waals surface area (Å²) in [5.41, 5.74) is -1.80. The van der Waals surface area contributed by atoms with Crippen LogP contribution in [0, 0.1) is 5.21 Å². The highest BCUT2D eigenvalue weighted by Crippen LogP contribution is 2.45. The molecule has 0 aliphatic carbocycles. The third kappa shape index (κ3) is 2.12. The Kier molecular flexibility index (Phi) is 4.72. The zero-order valence-electron chi connectivity index (χ0n) is 11.3. The van der Waals surface area contributed by atoms with Crippen molar-refractivity contribution in [1.82, 2.24) is 5.06 Å². The first kappa shape index (κ1) is 15.2. The summed E-state index contributed by atoms with van der Waals surface area (Å²) in [5.74, 6) is 0. The van der Waals surface area contributed by atoms with E-state index in [1.54, 1.807) is 24.3 Å². The molecule has 1 aliphatic rings. The Hall–Kier alpha value is -1.81. The highest BCUT2D eigenvalue weighted by Gasteiger charge is 2.64. The molecule has 1 heterocycles. The van der Waals surface area contributed by atoms with E-state index in [9.17, 15) is 10.4 Å². The maximum atomic E-state index is 12.3. The lowest BCUT2D eigenvalue weighted by Gasteiger charge is -2.42. The first-order chi connectivity index (χ1) is 9.04. The first-order valence-electron chi connectivity index (χ1n) is 6.26. The molecule has 103 valence electrons. The fourth-order valence-corrected chi connectivity index (χ4v) is 2.97. The Labute approximate surface area is 114 Å². The van der Waals surface area contributed by atoms with Crippen molar-refractivity contribution in [3.05, 3.63) is 55.8 Å². The molecule has 0 unspecified atom stereocenters. The van der Waals surface area contributed by atoms with E-state index in [-0.39, 0.29) is 0 Å². The molecule has 0 atom stereocenters. The predicted octanol–water partition coefficient (Wildman–Crippen LogP) is 2.97. The summed E-state index contributed by atoms with van der Waals surface area (Å²) < 4.78 is 0.746. The molecule has 0 N–H and O–H groups in total. The molecular formula is C15H21N2O2. The van der Waals surface area contributed by atoms with Crippen LogP contribution in [0.5, 0.6) is 0 Å². The maximum Gasteiger partial charge on any atom is 0.272 e. The maximum absolute atomic E-state index is 12.3. The van der Waals surface area contributed by atoms with E-state index in [0.717, 1.165) is 16.1 Å². The number of nitrogens with zero attached hydrogens (tertiary/aromatic N) is 2. The van der Waals surface area contributed by atoms with Gasteiger partial charge in [0.2, 0.25) is 0 Å². The Morgan fingerprint density at radius 1 is 1.00 bits per heavy atom. The van der Waals surface area contributed by atoms with Gasteiger partial charge in [-0.15, -0.1) is 26.3 Å². The van der Waals surface area contributed by atoms with Crippen LogP contribution in [0.4, 0.5) is 0 Å². The lowest BCUT2D eigenvalue weighted by molar-refractivity contribution is -0.547. The minimum Gasteiger partial charge on any atom is -0.715 e. The molecule has 4 heteroatoms. The summed E-state index contributed by atoms with van der Waals surface area (Å²) in [5, 5.41) is 25.4. The van der Waals surface area contributed by atoms with Gasteiger partial charge in [-0.2, -0.15) is 0 Å². The predicted molar refractivity (Wildman–Crippen MR) is 76.9 cm³/mol. The van der Waals surface area contributed by atoms with Gasteiger partial charge in [-0.25, -0.2) is 0 Å². The van der Waals surface area contributed by atoms with E-state index in [0.29, 0.717) is 25.7 Å². The van der Waals surface area contributed by atoms with Crippen LogP contribution >= 0.6 is 0 Å². The highest BCUT2D eigenvalue weighted by molar-refractivity contribution is 5.53. The van der Waals surface area contributed by atoms with Crippen molar-refractivity contribution in [1.29, 1.82) is 0 Å². The van der Waals surface area contributed by atoms with Crippen LogP contribution in [-0.4, -0.2) is 27.2 Å². The molecule has 4 nitrogen and oxygen atoms in total. The lowest BCUT2D eigenvalue weighted by Crippen LogP contribution is -2.60. The smallest absolute Gasteiger partial charge is 0.272 e. The van der Waals surface area contributed by atoms with Gasteiger partial charge in [0.25, 0.3) is 6.34 Å². The van der Waals surface area contributed by atoms with Crippen LogP contribution < -0.4 is 0 Å². The van der Waals surface area contributed by atoms with Crippen molar-refractivity contribution in [3.8, 4) is 0 Å². The Bertz CT molecular complexity index is 392. The minimum atomic E-state index is -0.902. The lowest BCUT2D eigenvalue weighted by atomic mass is 9.69. The number of hydrogen-bond donors (Lipinski definition) is 0. The molecule has 0 aromatic carbocycles. The third-order valence-electron chi connectivity index (χ3n) is 3.85. The largest absolute Gasteiger partial charge is 0.715 e. The van der Waals surface area contributed by atoms with Crippen molar-refractivity contribution >= 4 is 6.34 Å². The molecule has 0 bridgehead atoms. The van der Waals surface area contributed by atoms with Crippen LogP contribution in [0.15, 0.2) is 50.6 Å². The van der Waals surface area contributed by atoms with Crippen molar-refractivity contribution in [2.75, 3.05) is 0 Å². The Morgan fingerprint density at radius 3 is 1.79 bits per heavy atom. The van der Waals surface area contributed by atoms with Gasteiger partial charge in [-0.1, -0.05) is 29.4 Å². The molecule has 0 amide bonds.